The van der Waals surface area contributed by atoms with Crippen molar-refractivity contribution in [1.29, 1.82) is 0 Å². The fourth-order valence-electron chi connectivity index (χ4n) is 1.42. The molecule has 1 unspecified atom stereocenters. The molecule has 100 valence electrons. The van der Waals surface area contributed by atoms with Gasteiger partial charge in [0.25, 0.3) is 0 Å². The zero-order valence-electron chi connectivity index (χ0n) is 10.6. The van der Waals surface area contributed by atoms with Crippen LogP contribution in [-0.2, 0) is 4.79 Å². The highest BCUT2D eigenvalue weighted by Crippen LogP contribution is 2.07. The lowest BCUT2D eigenvalue weighted by molar-refractivity contribution is -0.137. The highest BCUT2D eigenvalue weighted by molar-refractivity contribution is 5.76. The summed E-state index contributed by atoms with van der Waals surface area (Å²) in [5, 5.41) is 20.2. The first-order chi connectivity index (χ1) is 7.92. The summed E-state index contributed by atoms with van der Waals surface area (Å²) in [6.07, 6.45) is -0.0971. The number of urea groups is 1. The van der Waals surface area contributed by atoms with E-state index in [4.69, 9.17) is 10.2 Å². The van der Waals surface area contributed by atoms with E-state index in [2.05, 4.69) is 5.32 Å². The summed E-state index contributed by atoms with van der Waals surface area (Å²) in [5.41, 5.74) is 0. The third-order valence-corrected chi connectivity index (χ3v) is 2.55. The number of hydrogen-bond acceptors (Lipinski definition) is 3. The molecule has 0 aromatic carbocycles. The van der Waals surface area contributed by atoms with Crippen LogP contribution < -0.4 is 5.32 Å². The van der Waals surface area contributed by atoms with Crippen LogP contribution in [0, 0.1) is 5.92 Å². The predicted octanol–water partition coefficient (Wildman–Crippen LogP) is 0.509. The maximum Gasteiger partial charge on any atom is 0.317 e. The van der Waals surface area contributed by atoms with Crippen LogP contribution in [0.4, 0.5) is 4.79 Å². The Balaban J connectivity index is 4.42. The standard InChI is InChI=1S/C11H22N2O4/c1-4-13(5-6-14)11(17)12-9(8(2)3)7-10(15)16/h8-9,14H,4-7H2,1-3H3,(H,12,17)(H,15,16). The average Bonchev–Trinajstić information content (AvgIpc) is 2.23. The summed E-state index contributed by atoms with van der Waals surface area (Å²) in [7, 11) is 0. The van der Waals surface area contributed by atoms with Gasteiger partial charge in [-0.1, -0.05) is 13.8 Å². The molecule has 0 aliphatic heterocycles. The summed E-state index contributed by atoms with van der Waals surface area (Å²) in [5.74, 6) is -0.892. The first-order valence-electron chi connectivity index (χ1n) is 5.80. The summed E-state index contributed by atoms with van der Waals surface area (Å²) < 4.78 is 0. The van der Waals surface area contributed by atoms with Crippen molar-refractivity contribution < 1.29 is 19.8 Å². The van der Waals surface area contributed by atoms with E-state index in [1.165, 1.54) is 4.90 Å². The minimum Gasteiger partial charge on any atom is -0.481 e. The van der Waals surface area contributed by atoms with Crippen molar-refractivity contribution in [1.82, 2.24) is 10.2 Å². The molecule has 0 heterocycles. The van der Waals surface area contributed by atoms with Crippen LogP contribution in [-0.4, -0.2) is 52.9 Å². The summed E-state index contributed by atoms with van der Waals surface area (Å²) in [4.78, 5) is 23.9. The molecule has 17 heavy (non-hydrogen) atoms. The van der Waals surface area contributed by atoms with Crippen molar-refractivity contribution in [3.05, 3.63) is 0 Å². The molecule has 0 radical (unpaired) electrons. The van der Waals surface area contributed by atoms with Gasteiger partial charge in [-0.3, -0.25) is 4.79 Å². The second-order valence-electron chi connectivity index (χ2n) is 4.20. The topological polar surface area (TPSA) is 89.9 Å². The minimum atomic E-state index is -0.936. The Morgan fingerprint density at radius 3 is 2.29 bits per heavy atom. The van der Waals surface area contributed by atoms with Crippen molar-refractivity contribution in [2.24, 2.45) is 5.92 Å². The van der Waals surface area contributed by atoms with E-state index in [9.17, 15) is 9.59 Å². The van der Waals surface area contributed by atoms with Crippen molar-refractivity contribution in [2.75, 3.05) is 19.7 Å². The molecule has 0 saturated carbocycles. The van der Waals surface area contributed by atoms with Gasteiger partial charge in [0.1, 0.15) is 0 Å². The first kappa shape index (κ1) is 15.7. The summed E-state index contributed by atoms with van der Waals surface area (Å²) >= 11 is 0. The number of amides is 2. The van der Waals surface area contributed by atoms with Gasteiger partial charge in [0.2, 0.25) is 0 Å². The van der Waals surface area contributed by atoms with Gasteiger partial charge >= 0.3 is 12.0 Å². The smallest absolute Gasteiger partial charge is 0.317 e. The van der Waals surface area contributed by atoms with Crippen LogP contribution in [0.5, 0.6) is 0 Å². The van der Waals surface area contributed by atoms with Crippen LogP contribution in [0.15, 0.2) is 0 Å². The number of carboxylic acids is 1. The van der Waals surface area contributed by atoms with Gasteiger partial charge < -0.3 is 20.4 Å². The molecule has 0 aliphatic rings. The Bertz CT molecular complexity index is 256. The van der Waals surface area contributed by atoms with Crippen LogP contribution in [0.25, 0.3) is 0 Å². The number of carboxylic acid groups (broad SMARTS) is 1. The zero-order chi connectivity index (χ0) is 13.4. The number of hydrogen-bond donors (Lipinski definition) is 3. The fraction of sp³-hybridized carbons (Fsp3) is 0.818. The van der Waals surface area contributed by atoms with Gasteiger partial charge in [0.15, 0.2) is 0 Å². The average molecular weight is 246 g/mol. The van der Waals surface area contributed by atoms with E-state index >= 15 is 0 Å². The Morgan fingerprint density at radius 2 is 1.94 bits per heavy atom. The number of carbonyl (C=O) groups excluding carboxylic acids is 1. The summed E-state index contributed by atoms with van der Waals surface area (Å²) in [6.45, 7) is 6.14. The van der Waals surface area contributed by atoms with Crippen LogP contribution in [0.1, 0.15) is 27.2 Å². The number of nitrogens with zero attached hydrogens (tertiary/aromatic N) is 1. The SMILES string of the molecule is CCN(CCO)C(=O)NC(CC(=O)O)C(C)C. The molecule has 0 aliphatic carbocycles. The largest absolute Gasteiger partial charge is 0.481 e. The van der Waals surface area contributed by atoms with Gasteiger partial charge in [0.05, 0.1) is 13.0 Å². The lowest BCUT2D eigenvalue weighted by atomic mass is 10.0. The summed E-state index contributed by atoms with van der Waals surface area (Å²) in [6, 6.07) is -0.728. The fourth-order valence-corrected chi connectivity index (χ4v) is 1.42. The van der Waals surface area contributed by atoms with Gasteiger partial charge in [-0.15, -0.1) is 0 Å². The molecule has 0 fully saturated rings. The molecule has 0 aromatic rings. The van der Waals surface area contributed by atoms with Crippen LogP contribution in [0.3, 0.4) is 0 Å². The van der Waals surface area contributed by atoms with Gasteiger partial charge in [0, 0.05) is 19.1 Å². The number of likely N-dealkylation sites (N-methyl/N-ethyl adjacent to an activating group) is 1. The molecule has 0 aromatic heterocycles. The highest BCUT2D eigenvalue weighted by Gasteiger charge is 2.21. The van der Waals surface area contributed by atoms with Crippen molar-refractivity contribution >= 4 is 12.0 Å². The molecule has 2 amide bonds. The van der Waals surface area contributed by atoms with E-state index in [1.54, 1.807) is 6.92 Å². The van der Waals surface area contributed by atoms with Crippen molar-refractivity contribution in [3.8, 4) is 0 Å². The van der Waals surface area contributed by atoms with Crippen LogP contribution in [0.2, 0.25) is 0 Å². The van der Waals surface area contributed by atoms with E-state index in [0.29, 0.717) is 6.54 Å². The maximum absolute atomic E-state index is 11.8. The monoisotopic (exact) mass is 246 g/mol. The number of aliphatic hydroxyl groups is 1. The third-order valence-electron chi connectivity index (χ3n) is 2.55. The Morgan fingerprint density at radius 1 is 1.35 bits per heavy atom. The number of nitrogens with one attached hydrogen (secondary N) is 1. The van der Waals surface area contributed by atoms with Crippen molar-refractivity contribution in [2.45, 2.75) is 33.2 Å². The molecular formula is C11H22N2O4. The number of rotatable bonds is 7. The Labute approximate surface area is 102 Å². The van der Waals surface area contributed by atoms with Crippen molar-refractivity contribution in [3.63, 3.8) is 0 Å². The molecule has 6 heteroatoms. The van der Waals surface area contributed by atoms with E-state index in [-0.39, 0.29) is 31.5 Å². The highest BCUT2D eigenvalue weighted by atomic mass is 16.4. The molecular weight excluding hydrogens is 224 g/mol. The normalized spacial score (nSPS) is 12.3. The quantitative estimate of drug-likeness (QED) is 0.610. The maximum atomic E-state index is 11.8. The molecule has 1 atom stereocenters. The first-order valence-corrected chi connectivity index (χ1v) is 5.80. The zero-order valence-corrected chi connectivity index (χ0v) is 10.6. The predicted molar refractivity (Wildman–Crippen MR) is 63.7 cm³/mol. The van der Waals surface area contributed by atoms with Crippen LogP contribution >= 0.6 is 0 Å². The number of aliphatic hydroxyl groups excluding tert-OH is 1. The Kier molecular flexibility index (Phi) is 7.29. The lowest BCUT2D eigenvalue weighted by Crippen LogP contribution is -2.48. The van der Waals surface area contributed by atoms with E-state index < -0.39 is 12.0 Å². The molecule has 0 saturated heterocycles. The van der Waals surface area contributed by atoms with Gasteiger partial charge in [-0.25, -0.2) is 4.79 Å². The molecule has 0 bridgehead atoms. The third kappa shape index (κ3) is 6.11. The Hall–Kier alpha value is -1.30. The van der Waals surface area contributed by atoms with E-state index in [0.717, 1.165) is 0 Å². The number of aliphatic carboxylic acids is 1. The van der Waals surface area contributed by atoms with Gasteiger partial charge in [-0.2, -0.15) is 0 Å². The van der Waals surface area contributed by atoms with E-state index in [1.807, 2.05) is 13.8 Å². The number of carbonyl (C=O) groups is 2. The molecule has 6 nitrogen and oxygen atoms in total. The minimum absolute atomic E-state index is 0.0443. The van der Waals surface area contributed by atoms with Gasteiger partial charge in [-0.05, 0) is 12.8 Å². The lowest BCUT2D eigenvalue weighted by Gasteiger charge is -2.26. The second kappa shape index (κ2) is 7.89. The molecule has 0 spiro atoms. The molecule has 0 rings (SSSR count). The molecule has 3 N–H and O–H groups in total. The second-order valence-corrected chi connectivity index (χ2v) is 4.20.